The zero-order valence-corrected chi connectivity index (χ0v) is 8.93. The van der Waals surface area contributed by atoms with Gasteiger partial charge in [-0.05, 0) is 39.5 Å². The molecule has 0 bridgehead atoms. The summed E-state index contributed by atoms with van der Waals surface area (Å²) in [7, 11) is 0. The summed E-state index contributed by atoms with van der Waals surface area (Å²) < 4.78 is 90.8. The molecular weight excluding hydrogens is 222 g/mol. The summed E-state index contributed by atoms with van der Waals surface area (Å²) in [4.78, 5) is 12.8. The van der Waals surface area contributed by atoms with Gasteiger partial charge in [0.05, 0.1) is 6.04 Å². The van der Waals surface area contributed by atoms with Gasteiger partial charge in [0.1, 0.15) is 0 Å². The molecule has 1 aromatic rings. The minimum absolute atomic E-state index is 0.0730. The van der Waals surface area contributed by atoms with Crippen molar-refractivity contribution in [1.29, 1.82) is 0 Å². The second kappa shape index (κ2) is 4.98. The van der Waals surface area contributed by atoms with E-state index < -0.39 is 44.8 Å². The smallest absolute Gasteiger partial charge is 0.179 e. The summed E-state index contributed by atoms with van der Waals surface area (Å²) in [5.74, 6) is -1.22. The molecule has 0 heterocycles. The number of nitrogens with one attached hydrogen (secondary N) is 1. The standard InChI is InChI=1S/C13H18ClNO/c1-9(15-13(2,3)4)12(16)10-6-5-7-11(14)8-10/h5-9,15H,1-4H3/i1D3,2D3,3D3,4D3. The fourth-order valence-electron chi connectivity index (χ4n) is 1.09. The molecule has 16 heavy (non-hydrogen) atoms. The maximum Gasteiger partial charge on any atom is 0.179 e. The largest absolute Gasteiger partial charge is 0.303 e. The Labute approximate surface area is 119 Å². The zero-order valence-electron chi connectivity index (χ0n) is 20.2. The minimum Gasteiger partial charge on any atom is -0.303 e. The van der Waals surface area contributed by atoms with Crippen LogP contribution in [0.15, 0.2) is 24.3 Å². The Morgan fingerprint density at radius 3 is 2.81 bits per heavy atom. The second-order valence-electron chi connectivity index (χ2n) is 3.20. The molecule has 0 aliphatic heterocycles. The van der Waals surface area contributed by atoms with Crippen LogP contribution in [0, 0.1) is 0 Å². The Morgan fingerprint density at radius 2 is 2.25 bits per heavy atom. The summed E-state index contributed by atoms with van der Waals surface area (Å²) in [5, 5.41) is 1.78. The van der Waals surface area contributed by atoms with Gasteiger partial charge in [0.15, 0.2) is 5.78 Å². The number of rotatable bonds is 3. The number of Topliss-reactive ketones (excluding diaryl/α,β-unsaturated/α-hetero) is 1. The first-order chi connectivity index (χ1) is 12.3. The van der Waals surface area contributed by atoms with Gasteiger partial charge in [-0.3, -0.25) is 4.79 Å². The molecule has 0 radical (unpaired) electrons. The van der Waals surface area contributed by atoms with Crippen molar-refractivity contribution in [2.45, 2.75) is 39.0 Å². The maximum atomic E-state index is 12.8. The van der Waals surface area contributed by atoms with Crippen LogP contribution >= 0.6 is 11.6 Å². The Bertz CT molecular complexity index is 682. The summed E-state index contributed by atoms with van der Waals surface area (Å²) in [6.45, 7) is -14.4. The van der Waals surface area contributed by atoms with E-state index in [-0.39, 0.29) is 10.6 Å². The van der Waals surface area contributed by atoms with Gasteiger partial charge in [0.25, 0.3) is 0 Å². The van der Waals surface area contributed by atoms with Crippen molar-refractivity contribution in [3.8, 4) is 0 Å². The first-order valence-electron chi connectivity index (χ1n) is 10.3. The fraction of sp³-hybridized carbons (Fsp3) is 0.462. The number of benzene rings is 1. The molecule has 0 fully saturated rings. The topological polar surface area (TPSA) is 29.1 Å². The molecule has 0 amide bonds. The number of halogens is 1. The lowest BCUT2D eigenvalue weighted by molar-refractivity contribution is 0.0936. The van der Waals surface area contributed by atoms with E-state index in [0.29, 0.717) is 0 Å². The summed E-state index contributed by atoms with van der Waals surface area (Å²) in [5.41, 5.74) is -3.92. The van der Waals surface area contributed by atoms with Crippen LogP contribution in [-0.2, 0) is 0 Å². The van der Waals surface area contributed by atoms with Crippen molar-refractivity contribution < 1.29 is 21.2 Å². The van der Waals surface area contributed by atoms with Crippen LogP contribution in [0.3, 0.4) is 0 Å². The quantitative estimate of drug-likeness (QED) is 0.836. The summed E-state index contributed by atoms with van der Waals surface area (Å²) in [6, 6.07) is 2.60. The highest BCUT2D eigenvalue weighted by Gasteiger charge is 2.20. The predicted molar refractivity (Wildman–Crippen MR) is 68.1 cm³/mol. The average molecular weight is 252 g/mol. The Balaban J connectivity index is 3.68. The zero-order chi connectivity index (χ0) is 22.3. The van der Waals surface area contributed by atoms with Gasteiger partial charge in [0.2, 0.25) is 0 Å². The minimum atomic E-state index is -3.71. The first kappa shape index (κ1) is 4.11. The van der Waals surface area contributed by atoms with Gasteiger partial charge < -0.3 is 5.32 Å². The van der Waals surface area contributed by atoms with E-state index in [0.717, 1.165) is 6.07 Å². The van der Waals surface area contributed by atoms with E-state index >= 15 is 0 Å². The molecule has 1 N–H and O–H groups in total. The van der Waals surface area contributed by atoms with Gasteiger partial charge in [-0.25, -0.2) is 0 Å². The molecular formula is C13H18ClNO. The maximum absolute atomic E-state index is 12.8. The summed E-state index contributed by atoms with van der Waals surface area (Å²) in [6.07, 6.45) is 0. The molecule has 1 unspecified atom stereocenters. The molecule has 0 aliphatic rings. The van der Waals surface area contributed by atoms with E-state index in [1.807, 2.05) is 0 Å². The van der Waals surface area contributed by atoms with Crippen molar-refractivity contribution >= 4 is 17.4 Å². The van der Waals surface area contributed by atoms with Gasteiger partial charge in [-0.2, -0.15) is 0 Å². The molecule has 0 aliphatic carbocycles. The molecule has 1 atom stereocenters. The number of ketones is 1. The molecule has 0 spiro atoms. The van der Waals surface area contributed by atoms with E-state index in [4.69, 9.17) is 28.1 Å². The Morgan fingerprint density at radius 1 is 1.50 bits per heavy atom. The normalized spacial score (nSPS) is 27.8. The Kier molecular flexibility index (Phi) is 1.28. The van der Waals surface area contributed by atoms with Crippen LogP contribution < -0.4 is 5.32 Å². The highest BCUT2D eigenvalue weighted by molar-refractivity contribution is 6.31. The monoisotopic (exact) mass is 251 g/mol. The number of hydrogen-bond acceptors (Lipinski definition) is 2. The Hall–Kier alpha value is -0.860. The molecule has 3 heteroatoms. The second-order valence-corrected chi connectivity index (χ2v) is 3.64. The van der Waals surface area contributed by atoms with Crippen molar-refractivity contribution in [1.82, 2.24) is 5.32 Å². The number of carbonyl (C=O) groups is 1. The van der Waals surface area contributed by atoms with Crippen molar-refractivity contribution in [2.75, 3.05) is 0 Å². The van der Waals surface area contributed by atoms with Crippen molar-refractivity contribution in [3.63, 3.8) is 0 Å². The van der Waals surface area contributed by atoms with E-state index in [1.54, 1.807) is 5.32 Å². The highest BCUT2D eigenvalue weighted by atomic mass is 35.5. The van der Waals surface area contributed by atoms with E-state index in [1.165, 1.54) is 18.2 Å². The lowest BCUT2D eigenvalue weighted by Gasteiger charge is -2.25. The van der Waals surface area contributed by atoms with E-state index in [2.05, 4.69) is 0 Å². The van der Waals surface area contributed by atoms with Crippen LogP contribution in [0.4, 0.5) is 0 Å². The SMILES string of the molecule is [2H]C([2H])([2H])C(NC(C([2H])([2H])[2H])(C([2H])([2H])[2H])C([2H])([2H])[2H])C(=O)c1cccc(Cl)c1. The van der Waals surface area contributed by atoms with E-state index in [9.17, 15) is 4.79 Å². The lowest BCUT2D eigenvalue weighted by atomic mass is 10.0. The first-order valence-corrected chi connectivity index (χ1v) is 4.71. The predicted octanol–water partition coefficient (Wildman–Crippen LogP) is 3.30. The van der Waals surface area contributed by atoms with Crippen LogP contribution in [-0.4, -0.2) is 17.4 Å². The van der Waals surface area contributed by atoms with Crippen LogP contribution in [0.2, 0.25) is 5.02 Å². The lowest BCUT2D eigenvalue weighted by Crippen LogP contribution is -2.46. The third kappa shape index (κ3) is 3.95. The fourth-order valence-corrected chi connectivity index (χ4v) is 1.28. The summed E-state index contributed by atoms with van der Waals surface area (Å²) >= 11 is 5.78. The van der Waals surface area contributed by atoms with Crippen LogP contribution in [0.1, 0.15) is 54.2 Å². The molecule has 1 rings (SSSR count). The molecule has 88 valence electrons. The van der Waals surface area contributed by atoms with Crippen LogP contribution in [0.5, 0.6) is 0 Å². The number of carbonyl (C=O) groups excluding carboxylic acids is 1. The van der Waals surface area contributed by atoms with Gasteiger partial charge >= 0.3 is 0 Å². The molecule has 0 aromatic heterocycles. The highest BCUT2D eigenvalue weighted by Crippen LogP contribution is 2.13. The third-order valence-corrected chi connectivity index (χ3v) is 1.97. The molecule has 0 saturated heterocycles. The number of hydrogen-bond donors (Lipinski definition) is 1. The molecule has 0 saturated carbocycles. The van der Waals surface area contributed by atoms with Gasteiger partial charge in [-0.15, -0.1) is 0 Å². The van der Waals surface area contributed by atoms with Gasteiger partial charge in [-0.1, -0.05) is 23.7 Å². The van der Waals surface area contributed by atoms with Crippen molar-refractivity contribution in [3.05, 3.63) is 34.9 Å². The third-order valence-electron chi connectivity index (χ3n) is 1.73. The average Bonchev–Trinajstić information content (AvgIpc) is 2.41. The van der Waals surface area contributed by atoms with Crippen LogP contribution in [0.25, 0.3) is 0 Å². The van der Waals surface area contributed by atoms with Crippen molar-refractivity contribution in [2.24, 2.45) is 0 Å². The molecule has 1 aromatic carbocycles. The van der Waals surface area contributed by atoms with Gasteiger partial charge in [0, 0.05) is 32.6 Å². The molecule has 2 nitrogen and oxygen atoms in total.